The standard InChI is InChI=1S/C9H8O.C7H5FO2/c10-8-4-7-9-5-2-1-3-6-9;8-6-3-1-5(2-4-6)7(9)10/h1-8H;1-4H,(H,9,10). The molecule has 0 atom stereocenters. The number of aldehydes is 1. The Bertz CT molecular complexity index is 574. The molecule has 2 rings (SSSR count). The molecule has 0 radical (unpaired) electrons. The van der Waals surface area contributed by atoms with Crippen molar-refractivity contribution in [1.82, 2.24) is 0 Å². The molecule has 3 nitrogen and oxygen atoms in total. The highest BCUT2D eigenvalue weighted by molar-refractivity contribution is 5.87. The molecule has 4 heteroatoms. The van der Waals surface area contributed by atoms with Gasteiger partial charge in [-0.3, -0.25) is 4.79 Å². The van der Waals surface area contributed by atoms with Crippen molar-refractivity contribution in [3.8, 4) is 0 Å². The van der Waals surface area contributed by atoms with Gasteiger partial charge >= 0.3 is 5.97 Å². The number of hydrogen-bond acceptors (Lipinski definition) is 2. The van der Waals surface area contributed by atoms with E-state index in [1.165, 1.54) is 18.2 Å². The second-order valence-electron chi connectivity index (χ2n) is 3.72. The van der Waals surface area contributed by atoms with Crippen LogP contribution in [0.25, 0.3) is 6.08 Å². The summed E-state index contributed by atoms with van der Waals surface area (Å²) in [6.45, 7) is 0. The SMILES string of the molecule is O=C(O)c1ccc(F)cc1.O=CC=Cc1ccccc1. The number of carboxylic acids is 1. The van der Waals surface area contributed by atoms with Gasteiger partial charge in [-0.2, -0.15) is 0 Å². The number of carbonyl (C=O) groups is 2. The second kappa shape index (κ2) is 8.37. The summed E-state index contributed by atoms with van der Waals surface area (Å²) in [7, 11) is 0. The van der Waals surface area contributed by atoms with Gasteiger partial charge in [-0.05, 0) is 35.9 Å². The van der Waals surface area contributed by atoms with Gasteiger partial charge in [0.15, 0.2) is 0 Å². The molecule has 0 aromatic heterocycles. The molecule has 0 heterocycles. The van der Waals surface area contributed by atoms with Gasteiger partial charge in [0.25, 0.3) is 0 Å². The van der Waals surface area contributed by atoms with Crippen LogP contribution in [0, 0.1) is 5.82 Å². The van der Waals surface area contributed by atoms with Crippen LogP contribution in [-0.4, -0.2) is 17.4 Å². The lowest BCUT2D eigenvalue weighted by Crippen LogP contribution is -1.94. The Hall–Kier alpha value is -2.75. The number of benzene rings is 2. The van der Waals surface area contributed by atoms with Crippen LogP contribution in [-0.2, 0) is 4.79 Å². The van der Waals surface area contributed by atoms with Gasteiger partial charge in [0, 0.05) is 0 Å². The minimum absolute atomic E-state index is 0.0985. The first kappa shape index (κ1) is 15.3. The van der Waals surface area contributed by atoms with Crippen molar-refractivity contribution < 1.29 is 19.1 Å². The fraction of sp³-hybridized carbons (Fsp3) is 0. The van der Waals surface area contributed by atoms with Crippen LogP contribution in [0.5, 0.6) is 0 Å². The first-order valence-corrected chi connectivity index (χ1v) is 5.79. The summed E-state index contributed by atoms with van der Waals surface area (Å²) in [5.74, 6) is -1.47. The fourth-order valence-corrected chi connectivity index (χ4v) is 1.31. The molecule has 0 aliphatic rings. The largest absolute Gasteiger partial charge is 0.478 e. The number of carbonyl (C=O) groups excluding carboxylic acids is 1. The Labute approximate surface area is 116 Å². The van der Waals surface area contributed by atoms with E-state index in [4.69, 9.17) is 5.11 Å². The van der Waals surface area contributed by atoms with Crippen LogP contribution in [0.1, 0.15) is 15.9 Å². The van der Waals surface area contributed by atoms with Gasteiger partial charge in [0.1, 0.15) is 12.1 Å². The Morgan fingerprint density at radius 3 is 2.10 bits per heavy atom. The lowest BCUT2D eigenvalue weighted by atomic mass is 10.2. The summed E-state index contributed by atoms with van der Waals surface area (Å²) in [4.78, 5) is 20.1. The Kier molecular flexibility index (Phi) is 6.41. The molecule has 0 fully saturated rings. The van der Waals surface area contributed by atoms with Crippen LogP contribution in [0.15, 0.2) is 60.7 Å². The molecule has 0 aliphatic carbocycles. The summed E-state index contributed by atoms with van der Waals surface area (Å²) in [6, 6.07) is 14.4. The zero-order chi connectivity index (χ0) is 14.8. The van der Waals surface area contributed by atoms with E-state index in [9.17, 15) is 14.0 Å². The highest BCUT2D eigenvalue weighted by atomic mass is 19.1. The van der Waals surface area contributed by atoms with Crippen LogP contribution >= 0.6 is 0 Å². The maximum absolute atomic E-state index is 12.2. The number of allylic oxidation sites excluding steroid dienone is 1. The average molecular weight is 272 g/mol. The van der Waals surface area contributed by atoms with Gasteiger partial charge in [0.2, 0.25) is 0 Å². The van der Waals surface area contributed by atoms with Crippen molar-refractivity contribution >= 4 is 18.3 Å². The van der Waals surface area contributed by atoms with Crippen LogP contribution in [0.3, 0.4) is 0 Å². The quantitative estimate of drug-likeness (QED) is 0.688. The van der Waals surface area contributed by atoms with Crippen molar-refractivity contribution in [2.24, 2.45) is 0 Å². The summed E-state index contributed by atoms with van der Waals surface area (Å²) < 4.78 is 12.2. The highest BCUT2D eigenvalue weighted by Gasteiger charge is 1.99. The lowest BCUT2D eigenvalue weighted by molar-refractivity contribution is -0.104. The first-order valence-electron chi connectivity index (χ1n) is 5.79. The van der Waals surface area contributed by atoms with Crippen molar-refractivity contribution in [3.63, 3.8) is 0 Å². The van der Waals surface area contributed by atoms with Crippen LogP contribution in [0.2, 0.25) is 0 Å². The number of hydrogen-bond donors (Lipinski definition) is 1. The normalized spacial score (nSPS) is 9.65. The summed E-state index contributed by atoms with van der Waals surface area (Å²) in [5, 5.41) is 8.35. The molecule has 20 heavy (non-hydrogen) atoms. The molecule has 2 aromatic rings. The van der Waals surface area contributed by atoms with Crippen molar-refractivity contribution in [3.05, 3.63) is 77.6 Å². The Balaban J connectivity index is 0.000000200. The van der Waals surface area contributed by atoms with Crippen molar-refractivity contribution in [1.29, 1.82) is 0 Å². The molecule has 0 aliphatic heterocycles. The van der Waals surface area contributed by atoms with Crippen LogP contribution < -0.4 is 0 Å². The average Bonchev–Trinajstić information content (AvgIpc) is 2.47. The minimum Gasteiger partial charge on any atom is -0.478 e. The topological polar surface area (TPSA) is 54.4 Å². The number of halogens is 1. The monoisotopic (exact) mass is 272 g/mol. The van der Waals surface area contributed by atoms with E-state index in [0.717, 1.165) is 24.0 Å². The van der Waals surface area contributed by atoms with Gasteiger partial charge in [-0.1, -0.05) is 36.4 Å². The number of rotatable bonds is 3. The van der Waals surface area contributed by atoms with E-state index in [2.05, 4.69) is 0 Å². The maximum atomic E-state index is 12.2. The van der Waals surface area contributed by atoms with E-state index in [0.29, 0.717) is 0 Å². The second-order valence-corrected chi connectivity index (χ2v) is 3.72. The van der Waals surface area contributed by atoms with Gasteiger partial charge in [-0.15, -0.1) is 0 Å². The number of aromatic carboxylic acids is 1. The number of carboxylic acid groups (broad SMARTS) is 1. The Morgan fingerprint density at radius 2 is 1.60 bits per heavy atom. The predicted molar refractivity (Wildman–Crippen MR) is 74.9 cm³/mol. The first-order chi connectivity index (χ1) is 9.63. The molecule has 0 saturated carbocycles. The summed E-state index contributed by atoms with van der Waals surface area (Å²) in [5.41, 5.74) is 1.15. The zero-order valence-electron chi connectivity index (χ0n) is 10.6. The molecule has 0 spiro atoms. The van der Waals surface area contributed by atoms with E-state index >= 15 is 0 Å². The fourth-order valence-electron chi connectivity index (χ4n) is 1.31. The minimum atomic E-state index is -1.04. The third kappa shape index (κ3) is 5.73. The molecular weight excluding hydrogens is 259 g/mol. The molecule has 0 bridgehead atoms. The highest BCUT2D eigenvalue weighted by Crippen LogP contribution is 2.01. The Morgan fingerprint density at radius 1 is 1.00 bits per heavy atom. The van der Waals surface area contributed by atoms with Gasteiger partial charge in [0.05, 0.1) is 5.56 Å². The molecule has 0 saturated heterocycles. The third-order valence-corrected chi connectivity index (χ3v) is 2.26. The predicted octanol–water partition coefficient (Wildman–Crippen LogP) is 3.42. The molecule has 1 N–H and O–H groups in total. The van der Waals surface area contributed by atoms with Gasteiger partial charge in [-0.25, -0.2) is 9.18 Å². The lowest BCUT2D eigenvalue weighted by Gasteiger charge is -1.90. The third-order valence-electron chi connectivity index (χ3n) is 2.26. The van der Waals surface area contributed by atoms with E-state index in [1.54, 1.807) is 6.08 Å². The molecule has 0 amide bonds. The summed E-state index contributed by atoms with van der Waals surface area (Å²) >= 11 is 0. The van der Waals surface area contributed by atoms with E-state index in [-0.39, 0.29) is 5.56 Å². The van der Waals surface area contributed by atoms with Crippen molar-refractivity contribution in [2.45, 2.75) is 0 Å². The van der Waals surface area contributed by atoms with Crippen LogP contribution in [0.4, 0.5) is 4.39 Å². The van der Waals surface area contributed by atoms with E-state index < -0.39 is 11.8 Å². The summed E-state index contributed by atoms with van der Waals surface area (Å²) in [6.07, 6.45) is 4.02. The maximum Gasteiger partial charge on any atom is 0.335 e. The molecule has 2 aromatic carbocycles. The van der Waals surface area contributed by atoms with Gasteiger partial charge < -0.3 is 5.11 Å². The van der Waals surface area contributed by atoms with E-state index in [1.807, 2.05) is 30.3 Å². The molecular formula is C16H13FO3. The zero-order valence-corrected chi connectivity index (χ0v) is 10.6. The smallest absolute Gasteiger partial charge is 0.335 e. The molecule has 0 unspecified atom stereocenters. The molecule has 102 valence electrons. The van der Waals surface area contributed by atoms with Crippen molar-refractivity contribution in [2.75, 3.05) is 0 Å².